The van der Waals surface area contributed by atoms with E-state index in [9.17, 15) is 4.79 Å². The molecule has 1 amide bonds. The molecule has 0 spiro atoms. The highest BCUT2D eigenvalue weighted by Crippen LogP contribution is 2.22. The van der Waals surface area contributed by atoms with Crippen LogP contribution in [0.3, 0.4) is 0 Å². The first-order valence-electron chi connectivity index (χ1n) is 7.58. The number of ether oxygens (including phenoxy) is 1. The summed E-state index contributed by atoms with van der Waals surface area (Å²) < 4.78 is 11.2. The van der Waals surface area contributed by atoms with Gasteiger partial charge in [0.1, 0.15) is 18.1 Å². The zero-order valence-electron chi connectivity index (χ0n) is 13.9. The summed E-state index contributed by atoms with van der Waals surface area (Å²) in [6.07, 6.45) is 0. The number of amides is 1. The minimum absolute atomic E-state index is 0.183. The Bertz CT molecular complexity index is 679. The van der Waals surface area contributed by atoms with Gasteiger partial charge in [-0.25, -0.2) is 0 Å². The molecule has 0 fully saturated rings. The Morgan fingerprint density at radius 2 is 2.04 bits per heavy atom. The topological polar surface area (TPSA) is 42.7 Å². The number of rotatable bonds is 6. The van der Waals surface area contributed by atoms with Gasteiger partial charge in [-0.1, -0.05) is 17.7 Å². The van der Waals surface area contributed by atoms with Gasteiger partial charge in [0.15, 0.2) is 5.76 Å². The van der Waals surface area contributed by atoms with Crippen LogP contribution in [0.5, 0.6) is 5.75 Å². The third kappa shape index (κ3) is 4.52. The highest BCUT2D eigenvalue weighted by Gasteiger charge is 2.17. The van der Waals surface area contributed by atoms with Gasteiger partial charge in [-0.05, 0) is 44.5 Å². The molecular weight excluding hydrogens is 314 g/mol. The number of nitrogens with zero attached hydrogens (tertiary/aromatic N) is 1. The number of alkyl halides is 1. The fraction of sp³-hybridized carbons (Fsp3) is 0.389. The zero-order valence-corrected chi connectivity index (χ0v) is 14.7. The lowest BCUT2D eigenvalue weighted by atomic mass is 10.1. The van der Waals surface area contributed by atoms with Crippen LogP contribution in [-0.2, 0) is 0 Å². The van der Waals surface area contributed by atoms with Crippen LogP contribution in [0, 0.1) is 13.8 Å². The quantitative estimate of drug-likeness (QED) is 0.737. The maximum Gasteiger partial charge on any atom is 0.289 e. The molecule has 0 saturated carbocycles. The molecule has 0 N–H and O–H groups in total. The van der Waals surface area contributed by atoms with Crippen molar-refractivity contribution in [3.8, 4) is 5.75 Å². The fourth-order valence-electron chi connectivity index (χ4n) is 2.23. The molecule has 1 aromatic carbocycles. The van der Waals surface area contributed by atoms with Crippen molar-refractivity contribution in [1.29, 1.82) is 0 Å². The van der Waals surface area contributed by atoms with Crippen LogP contribution in [0.25, 0.3) is 0 Å². The number of benzene rings is 1. The SMILES string of the molecule is Cc1ccc(OCCN(C)C(=O)c2ccc(C(C)Cl)o2)c(C)c1. The Morgan fingerprint density at radius 3 is 2.65 bits per heavy atom. The number of halogens is 1. The molecule has 0 bridgehead atoms. The largest absolute Gasteiger partial charge is 0.491 e. The summed E-state index contributed by atoms with van der Waals surface area (Å²) in [6.45, 7) is 6.75. The molecule has 1 heterocycles. The van der Waals surface area contributed by atoms with Gasteiger partial charge >= 0.3 is 0 Å². The van der Waals surface area contributed by atoms with Crippen molar-refractivity contribution < 1.29 is 13.9 Å². The zero-order chi connectivity index (χ0) is 17.0. The lowest BCUT2D eigenvalue weighted by molar-refractivity contribution is 0.0740. The molecule has 2 rings (SSSR count). The molecule has 0 aliphatic carbocycles. The van der Waals surface area contributed by atoms with Gasteiger partial charge in [-0.15, -0.1) is 11.6 Å². The van der Waals surface area contributed by atoms with E-state index in [4.69, 9.17) is 20.8 Å². The summed E-state index contributed by atoms with van der Waals surface area (Å²) in [4.78, 5) is 13.8. The fourth-order valence-corrected chi connectivity index (χ4v) is 2.34. The summed E-state index contributed by atoms with van der Waals surface area (Å²) in [5.74, 6) is 1.54. The van der Waals surface area contributed by atoms with Gasteiger partial charge < -0.3 is 14.1 Å². The van der Waals surface area contributed by atoms with E-state index >= 15 is 0 Å². The van der Waals surface area contributed by atoms with E-state index in [1.54, 1.807) is 31.0 Å². The van der Waals surface area contributed by atoms with Gasteiger partial charge in [0, 0.05) is 7.05 Å². The van der Waals surface area contributed by atoms with Crippen molar-refractivity contribution in [2.24, 2.45) is 0 Å². The van der Waals surface area contributed by atoms with Crippen molar-refractivity contribution in [3.05, 3.63) is 53.0 Å². The highest BCUT2D eigenvalue weighted by molar-refractivity contribution is 6.20. The van der Waals surface area contributed by atoms with E-state index in [-0.39, 0.29) is 11.3 Å². The van der Waals surface area contributed by atoms with Crippen molar-refractivity contribution in [2.75, 3.05) is 20.2 Å². The van der Waals surface area contributed by atoms with Crippen LogP contribution < -0.4 is 4.74 Å². The second-order valence-electron chi connectivity index (χ2n) is 5.66. The Labute approximate surface area is 142 Å². The molecule has 1 aromatic heterocycles. The summed E-state index contributed by atoms with van der Waals surface area (Å²) in [6, 6.07) is 9.41. The average Bonchev–Trinajstić information content (AvgIpc) is 2.98. The van der Waals surface area contributed by atoms with Gasteiger partial charge in [0.05, 0.1) is 11.9 Å². The predicted octanol–water partition coefficient (Wildman–Crippen LogP) is 4.35. The summed E-state index contributed by atoms with van der Waals surface area (Å²) >= 11 is 5.94. The molecule has 5 heteroatoms. The number of furan rings is 1. The van der Waals surface area contributed by atoms with Crippen LogP contribution in [0.15, 0.2) is 34.7 Å². The van der Waals surface area contributed by atoms with Crippen LogP contribution in [0.4, 0.5) is 0 Å². The monoisotopic (exact) mass is 335 g/mol. The maximum absolute atomic E-state index is 12.3. The van der Waals surface area contributed by atoms with E-state index in [1.807, 2.05) is 26.0 Å². The van der Waals surface area contributed by atoms with Crippen LogP contribution in [0.1, 0.15) is 39.7 Å². The molecule has 0 radical (unpaired) electrons. The third-order valence-electron chi connectivity index (χ3n) is 3.59. The molecule has 1 unspecified atom stereocenters. The lowest BCUT2D eigenvalue weighted by Gasteiger charge is -2.17. The summed E-state index contributed by atoms with van der Waals surface area (Å²) in [5.41, 5.74) is 2.29. The first-order valence-corrected chi connectivity index (χ1v) is 8.01. The number of aryl methyl sites for hydroxylation is 2. The number of carbonyl (C=O) groups excluding carboxylic acids is 1. The standard InChI is InChI=1S/C18H22ClNO3/c1-12-5-6-15(13(2)11-12)22-10-9-20(4)18(21)17-8-7-16(23-17)14(3)19/h5-8,11,14H,9-10H2,1-4H3. The number of likely N-dealkylation sites (N-methyl/N-ethyl adjacent to an activating group) is 1. The molecule has 23 heavy (non-hydrogen) atoms. The predicted molar refractivity (Wildman–Crippen MR) is 91.3 cm³/mol. The third-order valence-corrected chi connectivity index (χ3v) is 3.81. The van der Waals surface area contributed by atoms with Crippen molar-refractivity contribution in [1.82, 2.24) is 4.90 Å². The minimum Gasteiger partial charge on any atom is -0.491 e. The van der Waals surface area contributed by atoms with E-state index in [0.717, 1.165) is 11.3 Å². The molecule has 1 atom stereocenters. The Hall–Kier alpha value is -1.94. The molecule has 0 saturated heterocycles. The van der Waals surface area contributed by atoms with Gasteiger partial charge in [-0.3, -0.25) is 4.79 Å². The second-order valence-corrected chi connectivity index (χ2v) is 6.32. The molecule has 4 nitrogen and oxygen atoms in total. The van der Waals surface area contributed by atoms with E-state index in [0.29, 0.717) is 24.7 Å². The van der Waals surface area contributed by atoms with E-state index in [2.05, 4.69) is 6.07 Å². The van der Waals surface area contributed by atoms with Crippen molar-refractivity contribution in [3.63, 3.8) is 0 Å². The van der Waals surface area contributed by atoms with E-state index < -0.39 is 0 Å². The van der Waals surface area contributed by atoms with Gasteiger partial charge in [0.2, 0.25) is 0 Å². The Kier molecular flexibility index (Phi) is 5.72. The molecule has 124 valence electrons. The van der Waals surface area contributed by atoms with Crippen molar-refractivity contribution >= 4 is 17.5 Å². The number of carbonyl (C=O) groups is 1. The average molecular weight is 336 g/mol. The lowest BCUT2D eigenvalue weighted by Crippen LogP contribution is -2.30. The Balaban J connectivity index is 1.88. The van der Waals surface area contributed by atoms with Gasteiger partial charge in [-0.2, -0.15) is 0 Å². The first kappa shape index (κ1) is 17.4. The number of hydrogen-bond acceptors (Lipinski definition) is 3. The normalized spacial score (nSPS) is 12.0. The summed E-state index contributed by atoms with van der Waals surface area (Å²) in [5, 5.41) is -0.255. The number of hydrogen-bond donors (Lipinski definition) is 0. The molecule has 2 aromatic rings. The molecule has 0 aliphatic rings. The van der Waals surface area contributed by atoms with E-state index in [1.165, 1.54) is 5.56 Å². The van der Waals surface area contributed by atoms with Gasteiger partial charge in [0.25, 0.3) is 5.91 Å². The maximum atomic E-state index is 12.3. The minimum atomic E-state index is -0.255. The first-order chi connectivity index (χ1) is 10.9. The molecule has 0 aliphatic heterocycles. The van der Waals surface area contributed by atoms with Crippen LogP contribution >= 0.6 is 11.6 Å². The second kappa shape index (κ2) is 7.55. The Morgan fingerprint density at radius 1 is 1.30 bits per heavy atom. The summed E-state index contributed by atoms with van der Waals surface area (Å²) in [7, 11) is 1.72. The highest BCUT2D eigenvalue weighted by atomic mass is 35.5. The smallest absolute Gasteiger partial charge is 0.289 e. The van der Waals surface area contributed by atoms with Crippen LogP contribution in [0.2, 0.25) is 0 Å². The van der Waals surface area contributed by atoms with Crippen molar-refractivity contribution in [2.45, 2.75) is 26.1 Å². The van der Waals surface area contributed by atoms with Crippen LogP contribution in [-0.4, -0.2) is 31.0 Å². The molecular formula is C18H22ClNO3.